The van der Waals surface area contributed by atoms with E-state index in [1.807, 2.05) is 37.6 Å². The maximum absolute atomic E-state index is 6.31. The molecule has 0 radical (unpaired) electrons. The summed E-state index contributed by atoms with van der Waals surface area (Å²) in [4.78, 5) is 10.0. The fourth-order valence-electron chi connectivity index (χ4n) is 1.98. The molecule has 3 aromatic rings. The van der Waals surface area contributed by atoms with Gasteiger partial charge in [-0.25, -0.2) is 9.97 Å². The Morgan fingerprint density at radius 3 is 2.65 bits per heavy atom. The first-order valence-corrected chi connectivity index (χ1v) is 7.62. The van der Waals surface area contributed by atoms with Crippen LogP contribution in [-0.4, -0.2) is 17.0 Å². The van der Waals surface area contributed by atoms with Gasteiger partial charge in [-0.05, 0) is 36.1 Å². The Bertz CT molecular complexity index is 798. The van der Waals surface area contributed by atoms with E-state index in [-0.39, 0.29) is 0 Å². The Labute approximate surface area is 130 Å². The van der Waals surface area contributed by atoms with E-state index in [4.69, 9.17) is 23.2 Å². The van der Waals surface area contributed by atoms with Gasteiger partial charge in [0.25, 0.3) is 0 Å². The Morgan fingerprint density at radius 1 is 1.20 bits per heavy atom. The average Bonchev–Trinajstić information content (AvgIpc) is 2.77. The van der Waals surface area contributed by atoms with Gasteiger partial charge in [-0.15, -0.1) is 11.3 Å². The lowest BCUT2D eigenvalue weighted by atomic mass is 10.2. The molecule has 0 aliphatic rings. The third-order valence-corrected chi connectivity index (χ3v) is 4.93. The van der Waals surface area contributed by atoms with Gasteiger partial charge in [0.2, 0.25) is 0 Å². The van der Waals surface area contributed by atoms with Gasteiger partial charge in [-0.2, -0.15) is 0 Å². The van der Waals surface area contributed by atoms with Crippen LogP contribution in [0, 0.1) is 6.92 Å². The quantitative estimate of drug-likeness (QED) is 0.719. The summed E-state index contributed by atoms with van der Waals surface area (Å²) in [6.07, 6.45) is 0. The molecule has 0 saturated carbocycles. The lowest BCUT2D eigenvalue weighted by Gasteiger charge is -2.08. The summed E-state index contributed by atoms with van der Waals surface area (Å²) in [5, 5.41) is 7.39. The van der Waals surface area contributed by atoms with Gasteiger partial charge in [0, 0.05) is 17.5 Å². The number of thiophene rings is 1. The molecule has 3 rings (SSSR count). The number of benzene rings is 1. The van der Waals surface area contributed by atoms with Crippen LogP contribution in [0.3, 0.4) is 0 Å². The predicted molar refractivity (Wildman–Crippen MR) is 87.2 cm³/mol. The van der Waals surface area contributed by atoms with Crippen LogP contribution in [-0.2, 0) is 0 Å². The fourth-order valence-corrected chi connectivity index (χ4v) is 3.35. The van der Waals surface area contributed by atoms with E-state index < -0.39 is 0 Å². The van der Waals surface area contributed by atoms with Crippen molar-refractivity contribution >= 4 is 51.3 Å². The molecule has 20 heavy (non-hydrogen) atoms. The highest BCUT2D eigenvalue weighted by Gasteiger charge is 2.14. The summed E-state index contributed by atoms with van der Waals surface area (Å²) in [6.45, 7) is 1.97. The lowest BCUT2D eigenvalue weighted by molar-refractivity contribution is 1.22. The van der Waals surface area contributed by atoms with Crippen LogP contribution in [0.4, 0.5) is 5.82 Å². The summed E-state index contributed by atoms with van der Waals surface area (Å²) >= 11 is 13.9. The van der Waals surface area contributed by atoms with Gasteiger partial charge >= 0.3 is 0 Å². The van der Waals surface area contributed by atoms with Crippen molar-refractivity contribution in [1.82, 2.24) is 9.97 Å². The molecule has 0 aliphatic heterocycles. The Hall–Kier alpha value is -1.36. The molecule has 0 atom stereocenters. The summed E-state index contributed by atoms with van der Waals surface area (Å²) < 4.78 is 0. The number of hydrogen-bond donors (Lipinski definition) is 1. The number of fused-ring (bicyclic) bond motifs is 1. The zero-order chi connectivity index (χ0) is 14.3. The molecule has 1 aromatic carbocycles. The number of nitrogens with one attached hydrogen (secondary N) is 1. The predicted octanol–water partition coefficient (Wildman–Crippen LogP) is 5.02. The van der Waals surface area contributed by atoms with Crippen LogP contribution in [0.5, 0.6) is 0 Å². The van der Waals surface area contributed by atoms with E-state index in [1.165, 1.54) is 0 Å². The molecule has 2 aromatic heterocycles. The largest absolute Gasteiger partial charge is 0.373 e. The molecule has 0 bridgehead atoms. The topological polar surface area (TPSA) is 37.8 Å². The van der Waals surface area contributed by atoms with Crippen molar-refractivity contribution in [2.24, 2.45) is 0 Å². The van der Waals surface area contributed by atoms with Crippen molar-refractivity contribution in [2.45, 2.75) is 6.92 Å². The molecule has 2 heterocycles. The number of anilines is 1. The van der Waals surface area contributed by atoms with Crippen LogP contribution < -0.4 is 5.32 Å². The maximum Gasteiger partial charge on any atom is 0.173 e. The number of aryl methyl sites for hydroxylation is 1. The van der Waals surface area contributed by atoms with E-state index in [2.05, 4.69) is 15.3 Å². The minimum absolute atomic E-state index is 0.618. The van der Waals surface area contributed by atoms with Gasteiger partial charge < -0.3 is 5.32 Å². The SMILES string of the molecule is CNc1nc(-c2scc(C)c2Cl)nc2cc(Cl)ccc12. The second-order valence-corrected chi connectivity index (χ2v) is 6.06. The molecule has 0 unspecified atom stereocenters. The molecule has 0 spiro atoms. The van der Waals surface area contributed by atoms with E-state index >= 15 is 0 Å². The highest BCUT2D eigenvalue weighted by Crippen LogP contribution is 2.36. The Morgan fingerprint density at radius 2 is 2.00 bits per heavy atom. The summed E-state index contributed by atoms with van der Waals surface area (Å²) in [7, 11) is 1.83. The first-order chi connectivity index (χ1) is 9.60. The third-order valence-electron chi connectivity index (χ3n) is 3.00. The number of aromatic nitrogens is 2. The van der Waals surface area contributed by atoms with Crippen molar-refractivity contribution in [3.05, 3.63) is 39.2 Å². The number of nitrogens with zero attached hydrogens (tertiary/aromatic N) is 2. The van der Waals surface area contributed by atoms with Crippen molar-refractivity contribution in [1.29, 1.82) is 0 Å². The Kier molecular flexibility index (Phi) is 3.54. The van der Waals surface area contributed by atoms with Gasteiger partial charge in [0.05, 0.1) is 15.4 Å². The van der Waals surface area contributed by atoms with Crippen molar-refractivity contribution in [2.75, 3.05) is 12.4 Å². The van der Waals surface area contributed by atoms with Crippen molar-refractivity contribution in [3.63, 3.8) is 0 Å². The molecule has 6 heteroatoms. The zero-order valence-corrected chi connectivity index (χ0v) is 13.2. The summed E-state index contributed by atoms with van der Waals surface area (Å²) in [5.74, 6) is 1.39. The summed E-state index contributed by atoms with van der Waals surface area (Å²) in [5.41, 5.74) is 1.83. The second kappa shape index (κ2) is 5.20. The summed E-state index contributed by atoms with van der Waals surface area (Å²) in [6, 6.07) is 5.57. The monoisotopic (exact) mass is 323 g/mol. The van der Waals surface area contributed by atoms with Gasteiger partial charge in [0.15, 0.2) is 5.82 Å². The van der Waals surface area contributed by atoms with Gasteiger partial charge in [-0.1, -0.05) is 23.2 Å². The first kappa shape index (κ1) is 13.6. The second-order valence-electron chi connectivity index (χ2n) is 4.37. The smallest absolute Gasteiger partial charge is 0.173 e. The highest BCUT2D eigenvalue weighted by molar-refractivity contribution is 7.14. The van der Waals surface area contributed by atoms with Gasteiger partial charge in [-0.3, -0.25) is 0 Å². The minimum atomic E-state index is 0.618. The van der Waals surface area contributed by atoms with Crippen LogP contribution in [0.2, 0.25) is 10.0 Å². The third kappa shape index (κ3) is 2.24. The number of rotatable bonds is 2. The molecule has 0 aliphatic carbocycles. The van der Waals surface area contributed by atoms with Crippen LogP contribution in [0.15, 0.2) is 23.6 Å². The van der Waals surface area contributed by atoms with E-state index in [9.17, 15) is 0 Å². The number of halogens is 2. The van der Waals surface area contributed by atoms with Crippen LogP contribution >= 0.6 is 34.5 Å². The lowest BCUT2D eigenvalue weighted by Crippen LogP contribution is -1.98. The molecular formula is C14H11Cl2N3S. The highest BCUT2D eigenvalue weighted by atomic mass is 35.5. The number of hydrogen-bond acceptors (Lipinski definition) is 4. The van der Waals surface area contributed by atoms with E-state index in [0.717, 1.165) is 27.2 Å². The van der Waals surface area contributed by atoms with Gasteiger partial charge in [0.1, 0.15) is 5.82 Å². The molecule has 102 valence electrons. The average molecular weight is 324 g/mol. The first-order valence-electron chi connectivity index (χ1n) is 5.99. The van der Waals surface area contributed by atoms with Crippen LogP contribution in [0.1, 0.15) is 5.56 Å². The van der Waals surface area contributed by atoms with E-state index in [1.54, 1.807) is 11.3 Å². The van der Waals surface area contributed by atoms with Crippen LogP contribution in [0.25, 0.3) is 21.6 Å². The normalized spacial score (nSPS) is 11.0. The van der Waals surface area contributed by atoms with E-state index in [0.29, 0.717) is 15.9 Å². The molecule has 0 saturated heterocycles. The Balaban J connectivity index is 2.29. The van der Waals surface area contributed by atoms with Crippen molar-refractivity contribution < 1.29 is 0 Å². The standard InChI is InChI=1S/C14H11Cl2N3S/c1-7-6-20-12(11(7)16)14-18-10-5-8(15)3-4-9(10)13(17-2)19-14/h3-6H,1-2H3,(H,17,18,19). The molecule has 1 N–H and O–H groups in total. The minimum Gasteiger partial charge on any atom is -0.373 e. The zero-order valence-electron chi connectivity index (χ0n) is 10.9. The maximum atomic E-state index is 6.31. The molecule has 0 amide bonds. The molecule has 0 fully saturated rings. The molecule has 3 nitrogen and oxygen atoms in total. The molecular weight excluding hydrogens is 313 g/mol. The van der Waals surface area contributed by atoms with Crippen molar-refractivity contribution in [3.8, 4) is 10.7 Å². The fraction of sp³-hybridized carbons (Fsp3) is 0.143.